The van der Waals surface area contributed by atoms with Gasteiger partial charge < -0.3 is 5.11 Å². The number of alkyl halides is 1. The van der Waals surface area contributed by atoms with Crippen LogP contribution in [0.3, 0.4) is 0 Å². The molecule has 0 unspecified atom stereocenters. The van der Waals surface area contributed by atoms with Crippen LogP contribution in [0.25, 0.3) is 0 Å². The van der Waals surface area contributed by atoms with Crippen molar-refractivity contribution in [2.24, 2.45) is 10.2 Å². The minimum Gasteiger partial charge on any atom is -0.480 e. The van der Waals surface area contributed by atoms with Crippen molar-refractivity contribution < 1.29 is 31.7 Å². The zero-order chi connectivity index (χ0) is 21.6. The molecule has 2 rings (SSSR count). The quantitative estimate of drug-likeness (QED) is 0.192. The van der Waals surface area contributed by atoms with Crippen LogP contribution in [-0.4, -0.2) is 55.8 Å². The summed E-state index contributed by atoms with van der Waals surface area (Å²) >= 11 is -2.03. The molecule has 0 bridgehead atoms. The van der Waals surface area contributed by atoms with Gasteiger partial charge in [-0.25, -0.2) is 4.79 Å². The Morgan fingerprint density at radius 3 is 2.31 bits per heavy atom. The van der Waals surface area contributed by atoms with Crippen molar-refractivity contribution in [2.45, 2.75) is 12.5 Å². The minimum absolute atomic E-state index is 0.0319. The molecule has 0 aromatic heterocycles. The summed E-state index contributed by atoms with van der Waals surface area (Å²) in [4.78, 5) is 22.8. The first-order valence-electron chi connectivity index (χ1n) is 8.08. The molecular formula is C17H17AsBrN3O7. The second kappa shape index (κ2) is 9.84. The van der Waals surface area contributed by atoms with Crippen LogP contribution in [0.2, 0.25) is 0 Å². The summed E-state index contributed by atoms with van der Waals surface area (Å²) in [5.74, 6) is -1.87. The first-order chi connectivity index (χ1) is 13.6. The molecule has 0 saturated carbocycles. The first kappa shape index (κ1) is 22.8. The number of aromatic hydroxyl groups is 1. The Morgan fingerprint density at radius 1 is 1.10 bits per heavy atom. The molecule has 0 radical (unpaired) electrons. The Kier molecular flexibility index (Phi) is 7.74. The Bertz CT molecular complexity index is 975. The fraction of sp³-hybridized carbons (Fsp3) is 0.176. The van der Waals surface area contributed by atoms with Crippen molar-refractivity contribution >= 4 is 57.7 Å². The van der Waals surface area contributed by atoms with Gasteiger partial charge in [-0.3, -0.25) is 4.79 Å². The van der Waals surface area contributed by atoms with Crippen molar-refractivity contribution in [1.29, 1.82) is 0 Å². The minimum atomic E-state index is -4.98. The Balaban J connectivity index is 2.19. The van der Waals surface area contributed by atoms with Crippen LogP contribution in [0.15, 0.2) is 52.7 Å². The van der Waals surface area contributed by atoms with Crippen molar-refractivity contribution in [3.05, 3.63) is 48.0 Å². The number of rotatable bonds is 8. The summed E-state index contributed by atoms with van der Waals surface area (Å²) in [6.07, 6.45) is -0.0319. The van der Waals surface area contributed by atoms with Crippen LogP contribution in [0, 0.1) is 0 Å². The zero-order valence-corrected chi connectivity index (χ0v) is 18.2. The zero-order valence-electron chi connectivity index (χ0n) is 14.8. The van der Waals surface area contributed by atoms with Gasteiger partial charge in [-0.05, 0) is 0 Å². The van der Waals surface area contributed by atoms with Gasteiger partial charge in [0.15, 0.2) is 0 Å². The number of nitrogens with one attached hydrogen (secondary N) is 1. The van der Waals surface area contributed by atoms with E-state index in [1.165, 1.54) is 42.5 Å². The van der Waals surface area contributed by atoms with Gasteiger partial charge >= 0.3 is 135 Å². The monoisotopic (exact) mass is 529 g/mol. The number of carboxylic acids is 1. The van der Waals surface area contributed by atoms with E-state index in [2.05, 4.69) is 31.5 Å². The third-order valence-electron chi connectivity index (χ3n) is 3.69. The number of azo groups is 1. The van der Waals surface area contributed by atoms with E-state index in [0.29, 0.717) is 11.3 Å². The number of carboxylic acid groups (broad SMARTS) is 1. The molecule has 0 spiro atoms. The summed E-state index contributed by atoms with van der Waals surface area (Å²) in [5.41, 5.74) is 0.871. The molecule has 1 amide bonds. The number of hydrogen-bond acceptors (Lipinski definition) is 6. The number of halogens is 1. The van der Waals surface area contributed by atoms with Crippen LogP contribution in [0.5, 0.6) is 5.75 Å². The molecule has 29 heavy (non-hydrogen) atoms. The van der Waals surface area contributed by atoms with Crippen LogP contribution in [-0.2, 0) is 19.7 Å². The summed E-state index contributed by atoms with van der Waals surface area (Å²) < 4.78 is 29.4. The van der Waals surface area contributed by atoms with E-state index < -0.39 is 32.1 Å². The van der Waals surface area contributed by atoms with Gasteiger partial charge in [-0.1, -0.05) is 15.9 Å². The first-order valence-corrected chi connectivity index (χ1v) is 12.6. The summed E-state index contributed by atoms with van der Waals surface area (Å²) in [7, 11) is 0. The molecule has 0 heterocycles. The fourth-order valence-corrected chi connectivity index (χ4v) is 3.56. The molecule has 0 saturated heterocycles. The van der Waals surface area contributed by atoms with Gasteiger partial charge in [0.2, 0.25) is 5.91 Å². The number of phenols is 1. The molecule has 10 nitrogen and oxygen atoms in total. The van der Waals surface area contributed by atoms with E-state index >= 15 is 0 Å². The van der Waals surface area contributed by atoms with Gasteiger partial charge in [0.25, 0.3) is 0 Å². The summed E-state index contributed by atoms with van der Waals surface area (Å²) in [6, 6.07) is 8.34. The topological polar surface area (TPSA) is 169 Å². The molecule has 2 aromatic rings. The van der Waals surface area contributed by atoms with Gasteiger partial charge in [-0.2, -0.15) is 0 Å². The number of hydrogen-bond donors (Lipinski definition) is 5. The second-order valence-electron chi connectivity index (χ2n) is 5.88. The van der Waals surface area contributed by atoms with Crippen LogP contribution < -0.4 is 9.67 Å². The van der Waals surface area contributed by atoms with Crippen LogP contribution in [0.4, 0.5) is 11.4 Å². The molecule has 0 aliphatic rings. The Morgan fingerprint density at radius 2 is 1.76 bits per heavy atom. The summed E-state index contributed by atoms with van der Waals surface area (Å²) in [6.45, 7) is 0. The number of phenolic OH excluding ortho intramolecular Hbond substituents is 1. The van der Waals surface area contributed by atoms with E-state index in [4.69, 9.17) is 8.19 Å². The molecule has 0 aliphatic heterocycles. The van der Waals surface area contributed by atoms with Gasteiger partial charge in [0, 0.05) is 0 Å². The number of nitrogens with zero attached hydrogens (tertiary/aromatic N) is 2. The van der Waals surface area contributed by atoms with Crippen LogP contribution >= 0.6 is 15.9 Å². The average Bonchev–Trinajstić information content (AvgIpc) is 2.67. The average molecular weight is 530 g/mol. The Labute approximate surface area is 176 Å². The van der Waals surface area contributed by atoms with Crippen molar-refractivity contribution in [3.8, 4) is 5.75 Å². The number of amides is 1. The maximum absolute atomic E-state index is 11.4. The SMILES string of the molecule is O=C(CBr)N[C@@H](Cc1ccc(O)c(N=Nc2ccc([As](=O)(O)O)cc2)c1)C(=O)O. The van der Waals surface area contributed by atoms with Gasteiger partial charge in [-0.15, -0.1) is 0 Å². The molecule has 0 fully saturated rings. The van der Waals surface area contributed by atoms with Crippen molar-refractivity contribution in [1.82, 2.24) is 5.32 Å². The van der Waals surface area contributed by atoms with E-state index in [-0.39, 0.29) is 27.5 Å². The van der Waals surface area contributed by atoms with Crippen molar-refractivity contribution in [2.75, 3.05) is 5.33 Å². The molecule has 5 N–H and O–H groups in total. The third-order valence-corrected chi connectivity index (χ3v) is 6.24. The number of aliphatic carboxylic acids is 1. The fourth-order valence-electron chi connectivity index (χ4n) is 2.27. The molecule has 1 atom stereocenters. The summed E-state index contributed by atoms with van der Waals surface area (Å²) in [5, 5.41) is 29.3. The normalized spacial score (nSPS) is 12.7. The van der Waals surface area contributed by atoms with E-state index in [1.807, 2.05) is 0 Å². The molecule has 12 heteroatoms. The predicted octanol–water partition coefficient (Wildman–Crippen LogP) is 0.875. The van der Waals surface area contributed by atoms with Crippen LogP contribution in [0.1, 0.15) is 5.56 Å². The van der Waals surface area contributed by atoms with E-state index in [0.717, 1.165) is 0 Å². The van der Waals surface area contributed by atoms with E-state index in [1.54, 1.807) is 0 Å². The molecule has 154 valence electrons. The predicted molar refractivity (Wildman–Crippen MR) is 106 cm³/mol. The number of benzene rings is 2. The Hall–Kier alpha value is -2.46. The van der Waals surface area contributed by atoms with Gasteiger partial charge in [0.05, 0.1) is 5.33 Å². The maximum atomic E-state index is 11.4. The smallest absolute Gasteiger partial charge is 0.480 e. The van der Waals surface area contributed by atoms with Gasteiger partial charge in [0.1, 0.15) is 0 Å². The second-order valence-corrected chi connectivity index (χ2v) is 9.81. The molecular weight excluding hydrogens is 513 g/mol. The number of carbonyl (C=O) groups is 2. The van der Waals surface area contributed by atoms with E-state index in [9.17, 15) is 23.5 Å². The standard InChI is InChI=1S/C17H17AsBrN3O7/c19-9-16(24)20-14(17(25)26)8-10-1-6-15(23)13(7-10)22-21-12-4-2-11(3-5-12)18(27,28)29/h1-7,14,23H,8-9H2,(H,20,24)(H,25,26)(H2,27,28,29)/t14-/m0/s1. The molecule has 0 aliphatic carbocycles. The molecule has 2 aromatic carbocycles. The third kappa shape index (κ3) is 6.82. The van der Waals surface area contributed by atoms with Crippen molar-refractivity contribution in [3.63, 3.8) is 0 Å². The number of carbonyl (C=O) groups excluding carboxylic acids is 1.